The highest BCUT2D eigenvalue weighted by atomic mass is 16.5. The van der Waals surface area contributed by atoms with Crippen LogP contribution in [0.25, 0.3) is 16.7 Å². The van der Waals surface area contributed by atoms with Crippen molar-refractivity contribution in [2.45, 2.75) is 33.2 Å². The summed E-state index contributed by atoms with van der Waals surface area (Å²) in [5, 5.41) is 8.81. The first-order valence-electron chi connectivity index (χ1n) is 8.64. The van der Waals surface area contributed by atoms with Gasteiger partial charge in [-0.15, -0.1) is 0 Å². The molecule has 1 aromatic carbocycles. The van der Waals surface area contributed by atoms with Crippen LogP contribution in [0, 0.1) is 6.92 Å². The number of furan rings is 1. The molecule has 3 aromatic heterocycles. The zero-order chi connectivity index (χ0) is 18.3. The summed E-state index contributed by atoms with van der Waals surface area (Å²) in [6.45, 7) is 6.20. The fourth-order valence-electron chi connectivity index (χ4n) is 3.19. The molecule has 1 atom stereocenters. The number of hydrogen-bond donors (Lipinski definition) is 1. The van der Waals surface area contributed by atoms with Gasteiger partial charge in [0.15, 0.2) is 0 Å². The monoisotopic (exact) mass is 351 g/mol. The van der Waals surface area contributed by atoms with Gasteiger partial charge in [0.1, 0.15) is 29.2 Å². The van der Waals surface area contributed by atoms with Gasteiger partial charge in [0.25, 0.3) is 5.78 Å². The SMILES string of the molecule is CCc1cc(NC(C)c2oc3ccc(OC)cc3c2C)n2ncnc2n1. The summed E-state index contributed by atoms with van der Waals surface area (Å²) in [4.78, 5) is 8.68. The fourth-order valence-corrected chi connectivity index (χ4v) is 3.19. The van der Waals surface area contributed by atoms with Gasteiger partial charge < -0.3 is 14.5 Å². The fraction of sp³-hybridized carbons (Fsp3) is 0.316. The van der Waals surface area contributed by atoms with Gasteiger partial charge in [-0.1, -0.05) is 6.92 Å². The molecular formula is C19H21N5O2. The van der Waals surface area contributed by atoms with Gasteiger partial charge >= 0.3 is 0 Å². The molecule has 0 spiro atoms. The lowest BCUT2D eigenvalue weighted by Gasteiger charge is -2.15. The number of aryl methyl sites for hydroxylation is 2. The molecule has 3 heterocycles. The second-order valence-electron chi connectivity index (χ2n) is 6.28. The van der Waals surface area contributed by atoms with Crippen LogP contribution in [0.15, 0.2) is 35.0 Å². The van der Waals surface area contributed by atoms with E-state index in [1.165, 1.54) is 6.33 Å². The minimum Gasteiger partial charge on any atom is -0.497 e. The topological polar surface area (TPSA) is 77.5 Å². The quantitative estimate of drug-likeness (QED) is 0.587. The Kier molecular flexibility index (Phi) is 3.99. The van der Waals surface area contributed by atoms with Crippen molar-refractivity contribution in [1.82, 2.24) is 19.6 Å². The molecule has 1 N–H and O–H groups in total. The summed E-state index contributed by atoms with van der Waals surface area (Å²) in [5.74, 6) is 3.13. The Hall–Kier alpha value is -3.09. The summed E-state index contributed by atoms with van der Waals surface area (Å²) >= 11 is 0. The van der Waals surface area contributed by atoms with Crippen LogP contribution in [0.1, 0.15) is 36.9 Å². The maximum absolute atomic E-state index is 6.10. The highest BCUT2D eigenvalue weighted by Crippen LogP contribution is 2.33. The molecule has 26 heavy (non-hydrogen) atoms. The number of methoxy groups -OCH3 is 1. The van der Waals surface area contributed by atoms with Crippen LogP contribution in [-0.2, 0) is 6.42 Å². The number of anilines is 1. The molecule has 134 valence electrons. The zero-order valence-corrected chi connectivity index (χ0v) is 15.3. The lowest BCUT2D eigenvalue weighted by Crippen LogP contribution is -2.12. The third-order valence-corrected chi connectivity index (χ3v) is 4.61. The Bertz CT molecular complexity index is 1080. The minimum atomic E-state index is -0.0482. The summed E-state index contributed by atoms with van der Waals surface area (Å²) in [7, 11) is 1.67. The van der Waals surface area contributed by atoms with Gasteiger partial charge in [-0.05, 0) is 38.5 Å². The molecule has 4 aromatic rings. The number of nitrogens with one attached hydrogen (secondary N) is 1. The minimum absolute atomic E-state index is 0.0482. The number of benzene rings is 1. The molecule has 4 rings (SSSR count). The van der Waals surface area contributed by atoms with Crippen LogP contribution in [0.3, 0.4) is 0 Å². The lowest BCUT2D eigenvalue weighted by atomic mass is 10.1. The van der Waals surface area contributed by atoms with Crippen LogP contribution in [-0.4, -0.2) is 26.7 Å². The van der Waals surface area contributed by atoms with E-state index in [0.717, 1.165) is 46.0 Å². The van der Waals surface area contributed by atoms with E-state index in [4.69, 9.17) is 9.15 Å². The second-order valence-corrected chi connectivity index (χ2v) is 6.28. The van der Waals surface area contributed by atoms with Crippen molar-refractivity contribution in [3.05, 3.63) is 47.6 Å². The van der Waals surface area contributed by atoms with Crippen molar-refractivity contribution in [2.24, 2.45) is 0 Å². The second kappa shape index (κ2) is 6.33. The Morgan fingerprint density at radius 2 is 2.15 bits per heavy atom. The average molecular weight is 351 g/mol. The maximum Gasteiger partial charge on any atom is 0.254 e. The van der Waals surface area contributed by atoms with Gasteiger partial charge in [-0.25, -0.2) is 4.98 Å². The standard InChI is InChI=1S/C19H21N5O2/c1-5-13-8-17(24-19(23-13)20-10-21-24)22-12(3)18-11(2)15-9-14(25-4)6-7-16(15)26-18/h6-10,12,22H,5H2,1-4H3. The van der Waals surface area contributed by atoms with Crippen LogP contribution in [0.4, 0.5) is 5.82 Å². The van der Waals surface area contributed by atoms with Crippen molar-refractivity contribution in [2.75, 3.05) is 12.4 Å². The van der Waals surface area contributed by atoms with E-state index in [1.54, 1.807) is 11.6 Å². The van der Waals surface area contributed by atoms with Crippen LogP contribution in [0.5, 0.6) is 5.75 Å². The third kappa shape index (κ3) is 2.65. The number of rotatable bonds is 5. The molecule has 0 radical (unpaired) electrons. The summed E-state index contributed by atoms with van der Waals surface area (Å²) in [6.07, 6.45) is 2.34. The predicted molar refractivity (Wildman–Crippen MR) is 99.7 cm³/mol. The van der Waals surface area contributed by atoms with Gasteiger partial charge in [-0.2, -0.15) is 14.6 Å². The maximum atomic E-state index is 6.10. The first kappa shape index (κ1) is 16.4. The largest absolute Gasteiger partial charge is 0.497 e. The van der Waals surface area contributed by atoms with E-state index in [9.17, 15) is 0 Å². The van der Waals surface area contributed by atoms with Gasteiger partial charge in [0, 0.05) is 22.7 Å². The zero-order valence-electron chi connectivity index (χ0n) is 15.3. The normalized spacial score (nSPS) is 12.6. The van der Waals surface area contributed by atoms with Crippen molar-refractivity contribution in [1.29, 1.82) is 0 Å². The van der Waals surface area contributed by atoms with E-state index in [-0.39, 0.29) is 6.04 Å². The molecule has 0 aliphatic heterocycles. The average Bonchev–Trinajstić information content (AvgIpc) is 3.26. The van der Waals surface area contributed by atoms with Crippen molar-refractivity contribution in [3.63, 3.8) is 0 Å². The number of aromatic nitrogens is 4. The summed E-state index contributed by atoms with van der Waals surface area (Å²) < 4.78 is 13.1. The molecule has 0 amide bonds. The Labute approximate surface area is 151 Å². The first-order chi connectivity index (χ1) is 12.6. The molecule has 0 aliphatic rings. The van der Waals surface area contributed by atoms with E-state index in [0.29, 0.717) is 5.78 Å². The molecule has 7 heteroatoms. The number of fused-ring (bicyclic) bond motifs is 2. The molecular weight excluding hydrogens is 330 g/mol. The molecule has 7 nitrogen and oxygen atoms in total. The lowest BCUT2D eigenvalue weighted by molar-refractivity contribution is 0.415. The number of hydrogen-bond acceptors (Lipinski definition) is 6. The molecule has 0 saturated heterocycles. The molecule has 0 saturated carbocycles. The van der Waals surface area contributed by atoms with E-state index < -0.39 is 0 Å². The number of ether oxygens (including phenoxy) is 1. The molecule has 0 bridgehead atoms. The van der Waals surface area contributed by atoms with E-state index in [2.05, 4.69) is 41.2 Å². The molecule has 0 aliphatic carbocycles. The summed E-state index contributed by atoms with van der Waals surface area (Å²) in [6, 6.07) is 7.80. The van der Waals surface area contributed by atoms with Crippen molar-refractivity contribution < 1.29 is 9.15 Å². The Morgan fingerprint density at radius 3 is 2.92 bits per heavy atom. The van der Waals surface area contributed by atoms with E-state index in [1.807, 2.05) is 24.3 Å². The highest BCUT2D eigenvalue weighted by Gasteiger charge is 2.19. The van der Waals surface area contributed by atoms with Gasteiger partial charge in [-0.3, -0.25) is 0 Å². The Morgan fingerprint density at radius 1 is 1.31 bits per heavy atom. The number of nitrogens with zero attached hydrogens (tertiary/aromatic N) is 4. The van der Waals surface area contributed by atoms with Gasteiger partial charge in [0.05, 0.1) is 13.2 Å². The van der Waals surface area contributed by atoms with Crippen molar-refractivity contribution >= 4 is 22.6 Å². The van der Waals surface area contributed by atoms with Crippen LogP contribution < -0.4 is 10.1 Å². The summed E-state index contributed by atoms with van der Waals surface area (Å²) in [5.41, 5.74) is 2.91. The third-order valence-electron chi connectivity index (χ3n) is 4.61. The van der Waals surface area contributed by atoms with E-state index >= 15 is 0 Å². The molecule has 0 fully saturated rings. The van der Waals surface area contributed by atoms with Crippen LogP contribution >= 0.6 is 0 Å². The van der Waals surface area contributed by atoms with Crippen molar-refractivity contribution in [3.8, 4) is 5.75 Å². The first-order valence-corrected chi connectivity index (χ1v) is 8.64. The predicted octanol–water partition coefficient (Wildman–Crippen LogP) is 3.92. The van der Waals surface area contributed by atoms with Gasteiger partial charge in [0.2, 0.25) is 0 Å². The van der Waals surface area contributed by atoms with Crippen LogP contribution in [0.2, 0.25) is 0 Å². The Balaban J connectivity index is 1.73. The smallest absolute Gasteiger partial charge is 0.254 e. The highest BCUT2D eigenvalue weighted by molar-refractivity contribution is 5.83. The molecule has 1 unspecified atom stereocenters.